The summed E-state index contributed by atoms with van der Waals surface area (Å²) in [6, 6.07) is 0. The van der Waals surface area contributed by atoms with Crippen LogP contribution in [0.5, 0.6) is 0 Å². The van der Waals surface area contributed by atoms with Crippen molar-refractivity contribution in [2.45, 2.75) is 77.1 Å². The van der Waals surface area contributed by atoms with Crippen molar-refractivity contribution in [3.05, 3.63) is 39.4 Å². The predicted molar refractivity (Wildman–Crippen MR) is 130 cm³/mol. The molecule has 5 rings (SSSR count). The van der Waals surface area contributed by atoms with Gasteiger partial charge in [0, 0.05) is 34.5 Å². The number of aryl methyl sites for hydroxylation is 2. The molecule has 0 spiro atoms. The third-order valence-corrected chi connectivity index (χ3v) is 10.6. The molecular formula is C27H35NO6S. The van der Waals surface area contributed by atoms with Crippen molar-refractivity contribution in [3.63, 3.8) is 0 Å². The fourth-order valence-electron chi connectivity index (χ4n) is 7.63. The number of thiazole rings is 1. The van der Waals surface area contributed by atoms with Crippen LogP contribution in [0.25, 0.3) is 0 Å². The fraction of sp³-hybridized carbons (Fsp3) is 0.667. The van der Waals surface area contributed by atoms with Crippen LogP contribution in [-0.2, 0) is 20.7 Å². The van der Waals surface area contributed by atoms with E-state index in [1.807, 2.05) is 19.9 Å². The molecule has 7 nitrogen and oxygen atoms in total. The average Bonchev–Trinajstić information content (AvgIpc) is 3.02. The van der Waals surface area contributed by atoms with Crippen molar-refractivity contribution >= 4 is 23.1 Å². The number of ether oxygens (including phenoxy) is 1. The van der Waals surface area contributed by atoms with Gasteiger partial charge in [-0.2, -0.15) is 0 Å². The van der Waals surface area contributed by atoms with Gasteiger partial charge in [-0.3, -0.25) is 9.59 Å². The molecule has 4 aliphatic carbocycles. The first-order valence-electron chi connectivity index (χ1n) is 12.4. The molecule has 4 aliphatic rings. The van der Waals surface area contributed by atoms with Gasteiger partial charge in [0.1, 0.15) is 11.2 Å². The van der Waals surface area contributed by atoms with E-state index in [2.05, 4.69) is 18.8 Å². The number of rotatable bonds is 5. The van der Waals surface area contributed by atoms with E-state index >= 15 is 0 Å². The Kier molecular flexibility index (Phi) is 5.54. The zero-order chi connectivity index (χ0) is 25.6. The number of hydrogen-bond acceptors (Lipinski definition) is 8. The van der Waals surface area contributed by atoms with Crippen LogP contribution in [0.4, 0.5) is 0 Å². The van der Waals surface area contributed by atoms with Crippen molar-refractivity contribution < 1.29 is 29.6 Å². The van der Waals surface area contributed by atoms with Crippen molar-refractivity contribution in [1.29, 1.82) is 0 Å². The van der Waals surface area contributed by atoms with Gasteiger partial charge in [-0.25, -0.2) is 4.98 Å². The number of hydrogen-bond donors (Lipinski definition) is 3. The lowest BCUT2D eigenvalue weighted by molar-refractivity contribution is -0.187. The molecule has 0 aliphatic heterocycles. The zero-order valence-corrected chi connectivity index (χ0v) is 21.8. The minimum absolute atomic E-state index is 0.0134. The number of aliphatic hydroxyl groups excluding tert-OH is 1. The topological polar surface area (TPSA) is 117 Å². The van der Waals surface area contributed by atoms with Gasteiger partial charge < -0.3 is 20.1 Å². The Balaban J connectivity index is 1.48. The number of aliphatic hydroxyl groups is 3. The maximum absolute atomic E-state index is 13.0. The highest BCUT2D eigenvalue weighted by Crippen LogP contribution is 2.76. The standard InChI is InChI=1S/C27H35NO6S/c1-14-8-20-25(32,23(14)31)11-17(12-29)9-18-22-24(4,5)26(22,10-15(2)27(18,20)33)34-21(30)7-6-19-16(3)28-13-35-19/h8-9,13,15,18,20,22,29,32-33H,6-7,10-12H2,1-5H3/t15-,18+,20-,22+,25-,26+,27-/m1/s1. The second kappa shape index (κ2) is 7.81. The van der Waals surface area contributed by atoms with Gasteiger partial charge in [0.15, 0.2) is 5.78 Å². The molecule has 1 aromatic heterocycles. The monoisotopic (exact) mass is 501 g/mol. The number of aromatic nitrogens is 1. The van der Waals surface area contributed by atoms with Gasteiger partial charge in [0.2, 0.25) is 0 Å². The number of carbonyl (C=O) groups is 2. The van der Waals surface area contributed by atoms with Crippen LogP contribution < -0.4 is 0 Å². The van der Waals surface area contributed by atoms with Crippen LogP contribution in [-0.4, -0.2) is 55.5 Å². The molecule has 0 radical (unpaired) electrons. The second-order valence-corrected chi connectivity index (χ2v) is 12.6. The molecule has 0 saturated heterocycles. The first-order chi connectivity index (χ1) is 16.3. The Hall–Kier alpha value is -1.87. The Labute approximate surface area is 209 Å². The first kappa shape index (κ1) is 24.8. The Bertz CT molecular complexity index is 1150. The van der Waals surface area contributed by atoms with E-state index in [-0.39, 0.29) is 43.0 Å². The van der Waals surface area contributed by atoms with Crippen molar-refractivity contribution in [2.75, 3.05) is 6.61 Å². The van der Waals surface area contributed by atoms with E-state index in [0.29, 0.717) is 24.0 Å². The molecule has 0 bridgehead atoms. The Morgan fingerprint density at radius 1 is 1.26 bits per heavy atom. The molecule has 0 amide bonds. The number of carbonyl (C=O) groups excluding carboxylic acids is 2. The van der Waals surface area contributed by atoms with Gasteiger partial charge in [-0.05, 0) is 43.8 Å². The highest BCUT2D eigenvalue weighted by Gasteiger charge is 2.83. The van der Waals surface area contributed by atoms with Crippen molar-refractivity contribution in [3.8, 4) is 0 Å². The molecule has 2 saturated carbocycles. The van der Waals surface area contributed by atoms with Crippen molar-refractivity contribution in [1.82, 2.24) is 4.98 Å². The summed E-state index contributed by atoms with van der Waals surface area (Å²) >= 11 is 1.54. The molecule has 2 fully saturated rings. The maximum atomic E-state index is 13.0. The first-order valence-corrected chi connectivity index (χ1v) is 13.3. The van der Waals surface area contributed by atoms with E-state index in [9.17, 15) is 24.9 Å². The molecule has 35 heavy (non-hydrogen) atoms. The molecule has 7 atom stereocenters. The van der Waals surface area contributed by atoms with E-state index in [4.69, 9.17) is 4.74 Å². The molecule has 0 unspecified atom stereocenters. The van der Waals surface area contributed by atoms with Crippen LogP contribution in [0.2, 0.25) is 0 Å². The van der Waals surface area contributed by atoms with Gasteiger partial charge in [0.05, 0.1) is 29.8 Å². The lowest BCUT2D eigenvalue weighted by Gasteiger charge is -2.50. The number of esters is 1. The molecule has 3 N–H and O–H groups in total. The summed E-state index contributed by atoms with van der Waals surface area (Å²) in [7, 11) is 0. The Morgan fingerprint density at radius 2 is 1.97 bits per heavy atom. The zero-order valence-electron chi connectivity index (χ0n) is 21.0. The summed E-state index contributed by atoms with van der Waals surface area (Å²) in [5, 5.41) is 34.0. The van der Waals surface area contributed by atoms with Gasteiger partial charge in [-0.1, -0.05) is 32.9 Å². The van der Waals surface area contributed by atoms with Crippen LogP contribution in [0.15, 0.2) is 28.8 Å². The minimum Gasteiger partial charge on any atom is -0.458 e. The van der Waals surface area contributed by atoms with Crippen LogP contribution >= 0.6 is 11.3 Å². The SMILES string of the molecule is CC1=C[C@H]2[C@@]3(O)[C@H](C)C[C@]4(OC(=O)CCc5scnc5C)[C@@H]([C@@H]3C=C(CO)C[C@]2(O)C1=O)C4(C)C. The van der Waals surface area contributed by atoms with E-state index < -0.39 is 34.1 Å². The molecule has 190 valence electrons. The lowest BCUT2D eigenvalue weighted by Crippen LogP contribution is -2.61. The minimum atomic E-state index is -1.78. The molecule has 0 aromatic carbocycles. The Morgan fingerprint density at radius 3 is 2.60 bits per heavy atom. The van der Waals surface area contributed by atoms with Gasteiger partial charge in [0.25, 0.3) is 0 Å². The summed E-state index contributed by atoms with van der Waals surface area (Å²) in [5.74, 6) is -2.48. The summed E-state index contributed by atoms with van der Waals surface area (Å²) in [6.45, 7) is 9.32. The van der Waals surface area contributed by atoms with Gasteiger partial charge in [-0.15, -0.1) is 11.3 Å². The van der Waals surface area contributed by atoms with Crippen LogP contribution in [0.3, 0.4) is 0 Å². The van der Waals surface area contributed by atoms with Crippen LogP contribution in [0, 0.1) is 36.0 Å². The third-order valence-electron chi connectivity index (χ3n) is 9.57. The highest BCUT2D eigenvalue weighted by molar-refractivity contribution is 7.09. The normalized spacial score (nSPS) is 41.2. The van der Waals surface area contributed by atoms with E-state index in [1.54, 1.807) is 18.5 Å². The number of Topliss-reactive ketones (excluding diaryl/α,β-unsaturated/α-hetero) is 1. The number of nitrogens with zero attached hydrogens (tertiary/aromatic N) is 1. The largest absolute Gasteiger partial charge is 0.458 e. The average molecular weight is 502 g/mol. The lowest BCUT2D eigenvalue weighted by atomic mass is 9.60. The summed E-state index contributed by atoms with van der Waals surface area (Å²) < 4.78 is 6.26. The second-order valence-electron chi connectivity index (χ2n) is 11.7. The molecule has 1 heterocycles. The summed E-state index contributed by atoms with van der Waals surface area (Å²) in [6.07, 6.45) is 4.83. The quantitative estimate of drug-likeness (QED) is 0.420. The van der Waals surface area contributed by atoms with E-state index in [0.717, 1.165) is 10.6 Å². The van der Waals surface area contributed by atoms with E-state index in [1.165, 1.54) is 11.3 Å². The predicted octanol–water partition coefficient (Wildman–Crippen LogP) is 2.91. The summed E-state index contributed by atoms with van der Waals surface area (Å²) in [4.78, 5) is 31.4. The smallest absolute Gasteiger partial charge is 0.306 e. The molecular weight excluding hydrogens is 466 g/mol. The molecule has 8 heteroatoms. The fourth-order valence-corrected chi connectivity index (χ4v) is 8.41. The number of fused-ring (bicyclic) bond motifs is 5. The highest BCUT2D eigenvalue weighted by atomic mass is 32.1. The number of ketones is 1. The van der Waals surface area contributed by atoms with Crippen LogP contribution in [0.1, 0.15) is 57.5 Å². The van der Waals surface area contributed by atoms with Gasteiger partial charge >= 0.3 is 5.97 Å². The maximum Gasteiger partial charge on any atom is 0.306 e. The van der Waals surface area contributed by atoms with Crippen molar-refractivity contribution in [2.24, 2.45) is 29.1 Å². The summed E-state index contributed by atoms with van der Waals surface area (Å²) in [5.41, 5.74) is -0.659. The molecule has 1 aromatic rings. The third kappa shape index (κ3) is 3.22.